The number of hydrogen-bond acceptors (Lipinski definition) is 6. The first-order chi connectivity index (χ1) is 12.2. The fourth-order valence-electron chi connectivity index (χ4n) is 2.49. The van der Waals surface area contributed by atoms with Crippen molar-refractivity contribution in [2.45, 2.75) is 38.8 Å². The molecule has 0 spiro atoms. The van der Waals surface area contributed by atoms with E-state index in [4.69, 9.17) is 14.6 Å². The van der Waals surface area contributed by atoms with E-state index in [1.54, 1.807) is 44.0 Å². The standard InChI is InChI=1S/C18H24N2O6/c1-18(2,3)26-17(24)19-8-4-10-25-12-5-6-14-15(21)13(16(22)23)7-9-20(14)11-12/h5-7,11,14H,4,8-10H2,1-3H3,(H,19,24)(H,22,23). The average molecular weight is 364 g/mol. The van der Waals surface area contributed by atoms with E-state index in [0.29, 0.717) is 31.9 Å². The molecular weight excluding hydrogens is 340 g/mol. The van der Waals surface area contributed by atoms with Crippen molar-refractivity contribution < 1.29 is 29.0 Å². The Morgan fingerprint density at radius 2 is 2.12 bits per heavy atom. The van der Waals surface area contributed by atoms with Gasteiger partial charge in [-0.15, -0.1) is 0 Å². The first-order valence-electron chi connectivity index (χ1n) is 8.40. The van der Waals surface area contributed by atoms with Crippen LogP contribution in [-0.2, 0) is 19.1 Å². The van der Waals surface area contributed by atoms with Gasteiger partial charge in [0, 0.05) is 19.3 Å². The predicted octanol–water partition coefficient (Wildman–Crippen LogP) is 1.59. The highest BCUT2D eigenvalue weighted by atomic mass is 16.6. The molecule has 26 heavy (non-hydrogen) atoms. The largest absolute Gasteiger partial charge is 0.492 e. The topological polar surface area (TPSA) is 105 Å². The summed E-state index contributed by atoms with van der Waals surface area (Å²) in [5.74, 6) is -1.05. The third-order valence-corrected chi connectivity index (χ3v) is 3.62. The zero-order valence-corrected chi connectivity index (χ0v) is 15.2. The summed E-state index contributed by atoms with van der Waals surface area (Å²) in [6, 6.07) is -0.604. The number of fused-ring (bicyclic) bond motifs is 1. The number of ether oxygens (including phenoxy) is 2. The number of ketones is 1. The van der Waals surface area contributed by atoms with Crippen molar-refractivity contribution in [1.29, 1.82) is 0 Å². The third kappa shape index (κ3) is 5.37. The molecular formula is C18H24N2O6. The number of amides is 1. The van der Waals surface area contributed by atoms with E-state index in [1.807, 2.05) is 0 Å². The Morgan fingerprint density at radius 1 is 1.38 bits per heavy atom. The van der Waals surface area contributed by atoms with Crippen molar-refractivity contribution in [2.75, 3.05) is 19.7 Å². The van der Waals surface area contributed by atoms with Crippen molar-refractivity contribution in [3.8, 4) is 0 Å². The fraction of sp³-hybridized carbons (Fsp3) is 0.500. The lowest BCUT2D eigenvalue weighted by Gasteiger charge is -2.33. The first kappa shape index (κ1) is 19.6. The zero-order chi connectivity index (χ0) is 19.3. The summed E-state index contributed by atoms with van der Waals surface area (Å²) in [6.07, 6.45) is 6.51. The van der Waals surface area contributed by atoms with Crippen LogP contribution >= 0.6 is 0 Å². The molecule has 0 aromatic rings. The van der Waals surface area contributed by atoms with E-state index in [2.05, 4.69) is 5.32 Å². The molecule has 1 amide bonds. The van der Waals surface area contributed by atoms with Gasteiger partial charge in [-0.2, -0.15) is 0 Å². The summed E-state index contributed by atoms with van der Waals surface area (Å²) < 4.78 is 10.7. The summed E-state index contributed by atoms with van der Waals surface area (Å²) in [5.41, 5.74) is -0.711. The van der Waals surface area contributed by atoms with Gasteiger partial charge < -0.3 is 24.8 Å². The maximum atomic E-state index is 12.1. The van der Waals surface area contributed by atoms with E-state index >= 15 is 0 Å². The minimum Gasteiger partial charge on any atom is -0.492 e. The number of nitrogens with zero attached hydrogens (tertiary/aromatic N) is 1. The summed E-state index contributed by atoms with van der Waals surface area (Å²) >= 11 is 0. The van der Waals surface area contributed by atoms with Gasteiger partial charge in [0.15, 0.2) is 5.78 Å². The average Bonchev–Trinajstić information content (AvgIpc) is 2.52. The molecule has 8 heteroatoms. The summed E-state index contributed by atoms with van der Waals surface area (Å²) in [7, 11) is 0. The van der Waals surface area contributed by atoms with Gasteiger partial charge in [-0.25, -0.2) is 9.59 Å². The molecule has 1 atom stereocenters. The van der Waals surface area contributed by atoms with Crippen LogP contribution in [0.2, 0.25) is 0 Å². The Bertz CT molecular complexity index is 672. The van der Waals surface area contributed by atoms with Crippen LogP contribution in [-0.4, -0.2) is 59.2 Å². The molecule has 2 aliphatic rings. The first-order valence-corrected chi connectivity index (χ1v) is 8.40. The van der Waals surface area contributed by atoms with Crippen LogP contribution in [0.1, 0.15) is 27.2 Å². The second-order valence-electron chi connectivity index (χ2n) is 6.95. The minimum absolute atomic E-state index is 0.179. The molecule has 0 aromatic carbocycles. The van der Waals surface area contributed by atoms with Crippen LogP contribution in [0.25, 0.3) is 0 Å². The highest BCUT2D eigenvalue weighted by Crippen LogP contribution is 2.22. The summed E-state index contributed by atoms with van der Waals surface area (Å²) in [4.78, 5) is 36.4. The maximum absolute atomic E-state index is 12.1. The SMILES string of the molecule is CC(C)(C)OC(=O)NCCCOC1=CN2CC=C(C(=O)O)C(=O)C2C=C1. The van der Waals surface area contributed by atoms with E-state index < -0.39 is 29.5 Å². The lowest BCUT2D eigenvalue weighted by molar-refractivity contribution is -0.135. The minimum atomic E-state index is -1.20. The van der Waals surface area contributed by atoms with Crippen LogP contribution in [0.4, 0.5) is 4.79 Å². The second-order valence-corrected chi connectivity index (χ2v) is 6.95. The number of Topliss-reactive ketones (excluding diaryl/α,β-unsaturated/α-hetero) is 1. The number of aliphatic carboxylic acids is 1. The summed E-state index contributed by atoms with van der Waals surface area (Å²) in [6.45, 7) is 6.52. The van der Waals surface area contributed by atoms with Crippen LogP contribution in [0.5, 0.6) is 0 Å². The van der Waals surface area contributed by atoms with Crippen LogP contribution < -0.4 is 5.32 Å². The molecule has 0 saturated carbocycles. The van der Waals surface area contributed by atoms with E-state index in [9.17, 15) is 14.4 Å². The number of allylic oxidation sites excluding steroid dienone is 1. The van der Waals surface area contributed by atoms with Crippen molar-refractivity contribution in [3.63, 3.8) is 0 Å². The van der Waals surface area contributed by atoms with Crippen LogP contribution in [0.3, 0.4) is 0 Å². The lowest BCUT2D eigenvalue weighted by atomic mass is 9.96. The Labute approximate surface area is 152 Å². The number of carbonyl (C=O) groups is 3. The molecule has 2 heterocycles. The Morgan fingerprint density at radius 3 is 2.77 bits per heavy atom. The molecule has 0 aromatic heterocycles. The van der Waals surface area contributed by atoms with Gasteiger partial charge >= 0.3 is 12.1 Å². The molecule has 2 aliphatic heterocycles. The number of alkyl carbamates (subject to hydrolysis) is 1. The quantitative estimate of drug-likeness (QED) is 0.545. The van der Waals surface area contributed by atoms with Gasteiger partial charge in [-0.1, -0.05) is 6.08 Å². The maximum Gasteiger partial charge on any atom is 0.407 e. The summed E-state index contributed by atoms with van der Waals surface area (Å²) in [5, 5.41) is 11.7. The van der Waals surface area contributed by atoms with E-state index in [-0.39, 0.29) is 5.57 Å². The molecule has 2 rings (SSSR count). The van der Waals surface area contributed by atoms with E-state index in [1.165, 1.54) is 6.08 Å². The molecule has 2 N–H and O–H groups in total. The van der Waals surface area contributed by atoms with Gasteiger partial charge in [-0.05, 0) is 39.3 Å². The third-order valence-electron chi connectivity index (χ3n) is 3.62. The van der Waals surface area contributed by atoms with Crippen LogP contribution in [0.15, 0.2) is 35.8 Å². The van der Waals surface area contributed by atoms with Gasteiger partial charge in [0.1, 0.15) is 23.0 Å². The molecule has 0 fully saturated rings. The van der Waals surface area contributed by atoms with Gasteiger partial charge in [0.2, 0.25) is 0 Å². The normalized spacial score (nSPS) is 19.3. The molecule has 0 bridgehead atoms. The molecule has 0 radical (unpaired) electrons. The second kappa shape index (κ2) is 8.07. The smallest absolute Gasteiger partial charge is 0.407 e. The zero-order valence-electron chi connectivity index (χ0n) is 15.2. The molecule has 0 aliphatic carbocycles. The highest BCUT2D eigenvalue weighted by molar-refractivity contribution is 6.19. The number of rotatable bonds is 6. The molecule has 1 unspecified atom stereocenters. The van der Waals surface area contributed by atoms with Gasteiger partial charge in [0.25, 0.3) is 0 Å². The molecule has 0 saturated heterocycles. The Hall–Kier alpha value is -2.77. The van der Waals surface area contributed by atoms with Gasteiger partial charge in [-0.3, -0.25) is 4.79 Å². The van der Waals surface area contributed by atoms with Gasteiger partial charge in [0.05, 0.1) is 6.61 Å². The predicted molar refractivity (Wildman–Crippen MR) is 93.2 cm³/mol. The number of nitrogens with one attached hydrogen (secondary N) is 1. The van der Waals surface area contributed by atoms with Crippen molar-refractivity contribution in [1.82, 2.24) is 10.2 Å². The van der Waals surface area contributed by atoms with E-state index in [0.717, 1.165) is 0 Å². The molecule has 8 nitrogen and oxygen atoms in total. The van der Waals surface area contributed by atoms with Crippen molar-refractivity contribution in [3.05, 3.63) is 35.8 Å². The van der Waals surface area contributed by atoms with Crippen molar-refractivity contribution in [2.24, 2.45) is 0 Å². The Balaban J connectivity index is 1.75. The number of hydrogen-bond donors (Lipinski definition) is 2. The number of carboxylic acids is 1. The number of carbonyl (C=O) groups excluding carboxylic acids is 2. The lowest BCUT2D eigenvalue weighted by Crippen LogP contribution is -2.43. The fourth-order valence-corrected chi connectivity index (χ4v) is 2.49. The highest BCUT2D eigenvalue weighted by Gasteiger charge is 2.33. The number of carboxylic acid groups (broad SMARTS) is 1. The Kier molecular flexibility index (Phi) is 6.07. The van der Waals surface area contributed by atoms with Crippen molar-refractivity contribution >= 4 is 17.8 Å². The monoisotopic (exact) mass is 364 g/mol. The molecule has 142 valence electrons. The van der Waals surface area contributed by atoms with Crippen LogP contribution in [0, 0.1) is 0 Å².